The van der Waals surface area contributed by atoms with Crippen molar-refractivity contribution < 1.29 is 33.8 Å². The average molecular weight is 777 g/mol. The van der Waals surface area contributed by atoms with Gasteiger partial charge in [0.2, 0.25) is 5.60 Å². The number of aryl methyl sites for hydroxylation is 1. The molecule has 3 aromatic rings. The minimum absolute atomic E-state index is 0.113. The fraction of sp³-hybridized carbons (Fsp3) is 0.543. The number of carbonyl (C=O) groups is 2. The first-order valence-corrected chi connectivity index (χ1v) is 20.6. The van der Waals surface area contributed by atoms with E-state index < -0.39 is 40.5 Å². The maximum absolute atomic E-state index is 14.3. The van der Waals surface area contributed by atoms with Gasteiger partial charge in [-0.1, -0.05) is 61.9 Å². The van der Waals surface area contributed by atoms with Gasteiger partial charge in [-0.25, -0.2) is 4.79 Å². The number of ether oxygens (including phenoxy) is 2. The van der Waals surface area contributed by atoms with E-state index in [9.17, 15) is 14.7 Å². The number of aromatic nitrogens is 1. The summed E-state index contributed by atoms with van der Waals surface area (Å²) in [6.07, 6.45) is 10.3. The summed E-state index contributed by atoms with van der Waals surface area (Å²) in [5.74, 6) is -0.893. The fourth-order valence-electron chi connectivity index (χ4n) is 13.0. The number of esters is 2. The second-order valence-corrected chi connectivity index (χ2v) is 17.6. The van der Waals surface area contributed by atoms with Gasteiger partial charge in [-0.15, -0.1) is 0 Å². The Hall–Kier alpha value is -4.54. The number of para-hydroxylation sites is 1. The van der Waals surface area contributed by atoms with E-state index in [0.717, 1.165) is 64.1 Å². The molecule has 1 saturated heterocycles. The van der Waals surface area contributed by atoms with E-state index in [4.69, 9.17) is 19.1 Å². The molecule has 0 radical (unpaired) electrons. The molecule has 6 heterocycles. The lowest BCUT2D eigenvalue weighted by Crippen LogP contribution is -2.81. The molecular weight excluding hydrogens is 721 g/mol. The van der Waals surface area contributed by atoms with Crippen LogP contribution in [0, 0.1) is 18.3 Å². The van der Waals surface area contributed by atoms with E-state index in [0.29, 0.717) is 12.3 Å². The molecule has 57 heavy (non-hydrogen) atoms. The van der Waals surface area contributed by atoms with Crippen molar-refractivity contribution >= 4 is 34.7 Å². The molecule has 1 unspecified atom stereocenters. The quantitative estimate of drug-likeness (QED) is 0.258. The number of anilines is 1. The molecule has 1 saturated carbocycles. The zero-order chi connectivity index (χ0) is 40.7. The molecule has 11 heteroatoms. The van der Waals surface area contributed by atoms with Crippen LogP contribution in [0.1, 0.15) is 81.3 Å². The number of H-pyrrole nitrogens is 1. The molecule has 302 valence electrons. The summed E-state index contributed by atoms with van der Waals surface area (Å²) < 4.78 is 11.7. The summed E-state index contributed by atoms with van der Waals surface area (Å²) in [7, 11) is 3.33. The lowest BCUT2D eigenvalue weighted by Gasteiger charge is -2.63. The van der Waals surface area contributed by atoms with E-state index >= 15 is 0 Å². The minimum Gasteiger partial charge on any atom is -0.467 e. The fourth-order valence-corrected chi connectivity index (χ4v) is 13.0. The maximum Gasteiger partial charge on any atom is 0.373 e. The number of benzene rings is 2. The number of rotatable bonds is 5. The van der Waals surface area contributed by atoms with Crippen LogP contribution in [0.5, 0.6) is 0 Å². The summed E-state index contributed by atoms with van der Waals surface area (Å²) in [4.78, 5) is 54.8. The molecule has 5 aliphatic heterocycles. The number of nitrogens with one attached hydrogen (secondary N) is 1. The Kier molecular flexibility index (Phi) is 9.71. The Morgan fingerprint density at radius 3 is 2.54 bits per heavy atom. The smallest absolute Gasteiger partial charge is 0.373 e. The number of aliphatic hydroxyl groups is 1. The lowest BCUT2D eigenvalue weighted by molar-refractivity contribution is -0.228. The van der Waals surface area contributed by atoms with Crippen LogP contribution >= 0.6 is 0 Å². The number of carbonyl (C=O) groups excluding carboxylic acids is 4. The molecule has 2 fully saturated rings. The maximum atomic E-state index is 14.3. The molecule has 1 aliphatic carbocycles. The average Bonchev–Trinajstić information content (AvgIpc) is 3.85. The van der Waals surface area contributed by atoms with Crippen LogP contribution in [-0.4, -0.2) is 109 Å². The third-order valence-electron chi connectivity index (χ3n) is 14.9. The van der Waals surface area contributed by atoms with Gasteiger partial charge in [-0.3, -0.25) is 14.6 Å². The predicted octanol–water partition coefficient (Wildman–Crippen LogP) is 5.36. The molecule has 9 rings (SSSR count). The van der Waals surface area contributed by atoms with Crippen molar-refractivity contribution in [3.63, 3.8) is 0 Å². The highest BCUT2D eigenvalue weighted by Crippen LogP contribution is 2.68. The second-order valence-electron chi connectivity index (χ2n) is 17.6. The van der Waals surface area contributed by atoms with Crippen molar-refractivity contribution in [3.05, 3.63) is 88.1 Å². The molecular formula is C46H56N4O7. The summed E-state index contributed by atoms with van der Waals surface area (Å²) in [5, 5.41) is 14.5. The van der Waals surface area contributed by atoms with Gasteiger partial charge in [0.15, 0.2) is 6.10 Å². The topological polar surface area (TPSA) is 132 Å². The zero-order valence-electron chi connectivity index (χ0n) is 34.3. The molecule has 1 spiro atoms. The number of likely N-dealkylation sites (N-methyl/N-ethyl adjacent to an activating group) is 1. The van der Waals surface area contributed by atoms with Crippen molar-refractivity contribution in [2.45, 2.75) is 101 Å². The van der Waals surface area contributed by atoms with Crippen LogP contribution in [-0.2, 0) is 45.9 Å². The molecule has 2 aromatic carbocycles. The van der Waals surface area contributed by atoms with E-state index in [2.05, 4.69) is 102 Å². The van der Waals surface area contributed by atoms with Gasteiger partial charge in [-0.2, -0.15) is 9.59 Å². The van der Waals surface area contributed by atoms with Gasteiger partial charge in [0.25, 0.3) is 0 Å². The first kappa shape index (κ1) is 39.3. The van der Waals surface area contributed by atoms with Gasteiger partial charge in [0.05, 0.1) is 13.2 Å². The lowest BCUT2D eigenvalue weighted by atomic mass is 9.47. The van der Waals surface area contributed by atoms with E-state index in [1.807, 2.05) is 7.05 Å². The SMILES string of the molecule is CCC1=C[C@H]2CN(CCc3c([nH]c4ccccc34)[C@@](C)(c3cc4c(cc3C)N(C)[C@H]3[C@@](O)(C(=O)OC)[C@H](OC(C)=O)[C@]5(CC)C=CCN6CC[C@]43[C@@H]65)C2)C1.O=C=O. The highest BCUT2D eigenvalue weighted by Gasteiger charge is 2.80. The van der Waals surface area contributed by atoms with Gasteiger partial charge in [0.1, 0.15) is 0 Å². The second kappa shape index (κ2) is 14.1. The van der Waals surface area contributed by atoms with Gasteiger partial charge in [0, 0.05) is 84.7 Å². The van der Waals surface area contributed by atoms with Crippen LogP contribution in [0.3, 0.4) is 0 Å². The van der Waals surface area contributed by atoms with Gasteiger partial charge >= 0.3 is 18.1 Å². The highest BCUT2D eigenvalue weighted by molar-refractivity contribution is 5.88. The summed E-state index contributed by atoms with van der Waals surface area (Å²) >= 11 is 0. The number of methoxy groups -OCH3 is 1. The first-order chi connectivity index (χ1) is 27.3. The Bertz CT molecular complexity index is 2220. The largest absolute Gasteiger partial charge is 0.467 e. The third-order valence-corrected chi connectivity index (χ3v) is 14.9. The molecule has 6 aliphatic rings. The molecule has 1 aromatic heterocycles. The number of hydrogen-bond acceptors (Lipinski definition) is 10. The monoisotopic (exact) mass is 776 g/mol. The summed E-state index contributed by atoms with van der Waals surface area (Å²) in [6, 6.07) is 12.7. The van der Waals surface area contributed by atoms with Crippen LogP contribution in [0.2, 0.25) is 0 Å². The molecule has 0 amide bonds. The molecule has 2 N–H and O–H groups in total. The standard InChI is InChI=1S/C45H56N4O5.CO2/c1-8-29-22-30-24-42(5,37-32(15-19-48(25-29)26-30)31-13-10-11-14-35(31)46-37)33-23-34-36(21-27(33)3)47(6)39-44(34)17-20-49-18-12-16-43(9-2,38(44)49)40(54-28(4)50)45(39,52)41(51)53-7;2-1-3/h10-14,16,21-23,30,38-40,46,52H,8-9,15,17-20,24-26H2,1-7H3;/t30-,38+,39-,40-,42-,43-,44-,45+;/m1./s1. The van der Waals surface area contributed by atoms with Gasteiger partial charge in [-0.05, 0) is 92.8 Å². The molecule has 11 nitrogen and oxygen atoms in total. The number of nitrogens with zero attached hydrogens (tertiary/aromatic N) is 3. The Morgan fingerprint density at radius 1 is 1.09 bits per heavy atom. The van der Waals surface area contributed by atoms with Crippen molar-refractivity contribution in [1.29, 1.82) is 0 Å². The van der Waals surface area contributed by atoms with E-state index in [1.54, 1.807) is 0 Å². The Morgan fingerprint density at radius 2 is 1.84 bits per heavy atom. The summed E-state index contributed by atoms with van der Waals surface area (Å²) in [6.45, 7) is 15.1. The van der Waals surface area contributed by atoms with Crippen LogP contribution in [0.25, 0.3) is 10.9 Å². The zero-order valence-corrected chi connectivity index (χ0v) is 34.3. The van der Waals surface area contributed by atoms with Crippen molar-refractivity contribution in [2.24, 2.45) is 11.3 Å². The van der Waals surface area contributed by atoms with Crippen LogP contribution in [0.15, 0.2) is 60.2 Å². The first-order valence-electron chi connectivity index (χ1n) is 20.6. The highest BCUT2D eigenvalue weighted by atomic mass is 16.6. The Balaban J connectivity index is 0.00000147. The van der Waals surface area contributed by atoms with E-state index in [-0.39, 0.29) is 17.6 Å². The number of hydrogen-bond donors (Lipinski definition) is 2. The summed E-state index contributed by atoms with van der Waals surface area (Å²) in [5.41, 5.74) is 6.11. The third kappa shape index (κ3) is 5.42. The van der Waals surface area contributed by atoms with E-state index in [1.165, 1.54) is 58.5 Å². The van der Waals surface area contributed by atoms with Crippen LogP contribution < -0.4 is 4.90 Å². The van der Waals surface area contributed by atoms with Gasteiger partial charge < -0.3 is 24.5 Å². The minimum atomic E-state index is -2.13. The van der Waals surface area contributed by atoms with Crippen molar-refractivity contribution in [1.82, 2.24) is 14.8 Å². The number of fused-ring (bicyclic) bond motifs is 6. The normalized spacial score (nSPS) is 34.8. The van der Waals surface area contributed by atoms with Crippen molar-refractivity contribution in [2.75, 3.05) is 51.8 Å². The van der Waals surface area contributed by atoms with Crippen molar-refractivity contribution in [3.8, 4) is 0 Å². The predicted molar refractivity (Wildman–Crippen MR) is 216 cm³/mol. The Labute approximate surface area is 335 Å². The van der Waals surface area contributed by atoms with Crippen LogP contribution in [0.4, 0.5) is 5.69 Å². The molecule has 9 atom stereocenters. The number of aromatic amines is 1. The molecule has 2 bridgehead atoms.